The van der Waals surface area contributed by atoms with Crippen LogP contribution in [-0.4, -0.2) is 58.9 Å². The summed E-state index contributed by atoms with van der Waals surface area (Å²) in [4.78, 5) is 31.3. The third-order valence-electron chi connectivity index (χ3n) is 5.19. The number of rotatable bonds is 3. The predicted molar refractivity (Wildman–Crippen MR) is 124 cm³/mol. The maximum absolute atomic E-state index is 12.7. The van der Waals surface area contributed by atoms with E-state index < -0.39 is 11.7 Å². The van der Waals surface area contributed by atoms with E-state index >= 15 is 0 Å². The first-order chi connectivity index (χ1) is 15.5. The van der Waals surface area contributed by atoms with Gasteiger partial charge in [-0.2, -0.15) is 0 Å². The number of halogens is 1. The molecule has 1 amide bonds. The van der Waals surface area contributed by atoms with Crippen LogP contribution in [0.2, 0.25) is 5.02 Å². The summed E-state index contributed by atoms with van der Waals surface area (Å²) in [6.07, 6.45) is 14.2. The molecule has 0 bridgehead atoms. The van der Waals surface area contributed by atoms with Crippen molar-refractivity contribution in [3.63, 3.8) is 0 Å². The Hall–Kier alpha value is -3.06. The molecule has 0 radical (unpaired) electrons. The molecule has 0 saturated heterocycles. The minimum Gasteiger partial charge on any atom is -0.507 e. The van der Waals surface area contributed by atoms with E-state index in [1.54, 1.807) is 4.90 Å². The fourth-order valence-corrected chi connectivity index (χ4v) is 3.72. The summed E-state index contributed by atoms with van der Waals surface area (Å²) in [7, 11) is 0. The van der Waals surface area contributed by atoms with Gasteiger partial charge in [-0.1, -0.05) is 42.0 Å². The van der Waals surface area contributed by atoms with Gasteiger partial charge in [-0.15, -0.1) is 0 Å². The molecule has 1 aromatic rings. The van der Waals surface area contributed by atoms with Crippen molar-refractivity contribution >= 4 is 29.2 Å². The quantitative estimate of drug-likeness (QED) is 0.527. The Morgan fingerprint density at radius 3 is 2.56 bits per heavy atom. The van der Waals surface area contributed by atoms with Gasteiger partial charge in [-0.05, 0) is 30.9 Å². The van der Waals surface area contributed by atoms with Gasteiger partial charge < -0.3 is 19.8 Å². The summed E-state index contributed by atoms with van der Waals surface area (Å²) < 4.78 is 5.29. The standard InChI is InChI=1S/C24H27ClN2O5/c25-23-18-15-17(26-11-10-21(30)27-12-6-7-13-27)9-5-3-1-2-4-8-14-32-24(31)22(18)19(28)16-20(23)29/h2,4-7,9,16,28-29H,1,3,8,10-15H2/b4-2+,9-5+,26-17?. The Morgan fingerprint density at radius 2 is 1.78 bits per heavy atom. The number of ether oxygens (including phenoxy) is 1. The predicted octanol–water partition coefficient (Wildman–Crippen LogP) is 3.98. The van der Waals surface area contributed by atoms with Crippen molar-refractivity contribution in [1.29, 1.82) is 0 Å². The molecule has 1 aromatic carbocycles. The number of aromatic hydroxyl groups is 2. The molecule has 0 atom stereocenters. The van der Waals surface area contributed by atoms with E-state index in [0.717, 1.165) is 18.9 Å². The zero-order valence-corrected chi connectivity index (χ0v) is 18.6. The van der Waals surface area contributed by atoms with E-state index in [9.17, 15) is 19.8 Å². The molecule has 8 heteroatoms. The fraction of sp³-hybridized carbons (Fsp3) is 0.375. The number of amides is 1. The fourth-order valence-electron chi connectivity index (χ4n) is 3.50. The highest BCUT2D eigenvalue weighted by Gasteiger charge is 2.24. The maximum atomic E-state index is 12.7. The number of esters is 1. The number of hydrogen-bond donors (Lipinski definition) is 2. The van der Waals surface area contributed by atoms with Crippen LogP contribution in [0.15, 0.2) is 47.5 Å². The van der Waals surface area contributed by atoms with Crippen molar-refractivity contribution < 1.29 is 24.5 Å². The van der Waals surface area contributed by atoms with E-state index in [-0.39, 0.29) is 53.8 Å². The highest BCUT2D eigenvalue weighted by molar-refractivity contribution is 6.33. The minimum absolute atomic E-state index is 0.0201. The normalized spacial score (nSPS) is 20.5. The zero-order chi connectivity index (χ0) is 22.9. The number of carbonyl (C=O) groups is 2. The summed E-state index contributed by atoms with van der Waals surface area (Å²) in [5.74, 6) is -1.44. The number of cyclic esters (lactones) is 1. The van der Waals surface area contributed by atoms with Crippen molar-refractivity contribution in [2.45, 2.75) is 32.1 Å². The number of carbonyl (C=O) groups excluding carboxylic acids is 2. The third-order valence-corrected chi connectivity index (χ3v) is 5.61. The molecule has 32 heavy (non-hydrogen) atoms. The molecular formula is C24H27ClN2O5. The number of fused-ring (bicyclic) bond motifs is 1. The number of aliphatic imine (C=N–C) groups is 1. The lowest BCUT2D eigenvalue weighted by Crippen LogP contribution is -2.28. The average molecular weight is 459 g/mol. The van der Waals surface area contributed by atoms with Gasteiger partial charge in [0.25, 0.3) is 0 Å². The highest BCUT2D eigenvalue weighted by Crippen LogP contribution is 2.37. The first kappa shape index (κ1) is 23.6. The molecule has 0 unspecified atom stereocenters. The van der Waals surface area contributed by atoms with Gasteiger partial charge in [-0.3, -0.25) is 9.79 Å². The van der Waals surface area contributed by atoms with Gasteiger partial charge in [0.1, 0.15) is 17.1 Å². The van der Waals surface area contributed by atoms with E-state index in [4.69, 9.17) is 16.3 Å². The summed E-state index contributed by atoms with van der Waals surface area (Å²) in [5, 5.41) is 20.4. The van der Waals surface area contributed by atoms with Crippen LogP contribution in [0.3, 0.4) is 0 Å². The van der Waals surface area contributed by atoms with Crippen molar-refractivity contribution in [3.05, 3.63) is 58.7 Å². The van der Waals surface area contributed by atoms with Gasteiger partial charge in [0.2, 0.25) is 5.91 Å². The van der Waals surface area contributed by atoms with Gasteiger partial charge in [-0.25, -0.2) is 4.79 Å². The van der Waals surface area contributed by atoms with Crippen molar-refractivity contribution in [3.8, 4) is 11.5 Å². The van der Waals surface area contributed by atoms with Crippen LogP contribution in [0.5, 0.6) is 11.5 Å². The molecular weight excluding hydrogens is 432 g/mol. The number of benzene rings is 1. The SMILES string of the molecule is O=C1OCC/C=C/CC/C=C/C(=NCCC(=O)N2CC=CC2)Cc2c(Cl)c(O)cc(O)c21. The van der Waals surface area contributed by atoms with Crippen molar-refractivity contribution in [1.82, 2.24) is 4.90 Å². The summed E-state index contributed by atoms with van der Waals surface area (Å²) in [6, 6.07) is 1.03. The van der Waals surface area contributed by atoms with Crippen LogP contribution < -0.4 is 0 Å². The Balaban J connectivity index is 1.88. The van der Waals surface area contributed by atoms with Gasteiger partial charge in [0.15, 0.2) is 0 Å². The lowest BCUT2D eigenvalue weighted by molar-refractivity contribution is -0.129. The molecule has 2 aliphatic rings. The second kappa shape index (κ2) is 11.5. The van der Waals surface area contributed by atoms with Crippen LogP contribution in [0.4, 0.5) is 0 Å². The van der Waals surface area contributed by atoms with E-state index in [1.165, 1.54) is 0 Å². The second-order valence-corrected chi connectivity index (χ2v) is 7.91. The number of phenolic OH excluding ortho intramolecular Hbond substituents is 2. The molecule has 0 fully saturated rings. The average Bonchev–Trinajstić information content (AvgIpc) is 3.30. The third kappa shape index (κ3) is 6.23. The number of nitrogens with zero attached hydrogens (tertiary/aromatic N) is 2. The number of phenols is 2. The van der Waals surface area contributed by atoms with E-state index in [0.29, 0.717) is 25.2 Å². The molecule has 2 heterocycles. The maximum Gasteiger partial charge on any atom is 0.342 e. The van der Waals surface area contributed by atoms with Gasteiger partial charge >= 0.3 is 5.97 Å². The Morgan fingerprint density at radius 1 is 1.06 bits per heavy atom. The van der Waals surface area contributed by atoms with Crippen LogP contribution in [0.25, 0.3) is 0 Å². The lowest BCUT2D eigenvalue weighted by Gasteiger charge is -2.15. The summed E-state index contributed by atoms with van der Waals surface area (Å²) >= 11 is 6.31. The van der Waals surface area contributed by atoms with Gasteiger partial charge in [0.05, 0.1) is 11.6 Å². The van der Waals surface area contributed by atoms with Crippen LogP contribution in [0, 0.1) is 0 Å². The Labute approximate surface area is 192 Å². The summed E-state index contributed by atoms with van der Waals surface area (Å²) in [5.41, 5.74) is 0.730. The number of allylic oxidation sites excluding steroid dienone is 3. The van der Waals surface area contributed by atoms with Crippen molar-refractivity contribution in [2.24, 2.45) is 4.99 Å². The molecule has 2 N–H and O–H groups in total. The van der Waals surface area contributed by atoms with Crippen molar-refractivity contribution in [2.75, 3.05) is 26.2 Å². The molecule has 2 aliphatic heterocycles. The molecule has 3 rings (SSSR count). The number of hydrogen-bond acceptors (Lipinski definition) is 6. The topological polar surface area (TPSA) is 99.4 Å². The van der Waals surface area contributed by atoms with Crippen LogP contribution in [0.1, 0.15) is 41.6 Å². The van der Waals surface area contributed by atoms with Gasteiger partial charge in [0, 0.05) is 44.3 Å². The monoisotopic (exact) mass is 458 g/mol. The highest BCUT2D eigenvalue weighted by atomic mass is 35.5. The van der Waals surface area contributed by atoms with Crippen LogP contribution >= 0.6 is 11.6 Å². The lowest BCUT2D eigenvalue weighted by atomic mass is 9.99. The molecule has 0 spiro atoms. The molecule has 7 nitrogen and oxygen atoms in total. The summed E-state index contributed by atoms with van der Waals surface area (Å²) in [6.45, 7) is 1.67. The molecule has 0 saturated carbocycles. The smallest absolute Gasteiger partial charge is 0.342 e. The first-order valence-corrected chi connectivity index (χ1v) is 11.0. The zero-order valence-electron chi connectivity index (χ0n) is 17.8. The van der Waals surface area contributed by atoms with E-state index in [2.05, 4.69) is 4.99 Å². The Bertz CT molecular complexity index is 973. The second-order valence-electron chi connectivity index (χ2n) is 7.53. The minimum atomic E-state index is -0.718. The Kier molecular flexibility index (Phi) is 8.50. The largest absolute Gasteiger partial charge is 0.507 e. The van der Waals surface area contributed by atoms with Crippen LogP contribution in [-0.2, 0) is 16.0 Å². The first-order valence-electron chi connectivity index (χ1n) is 10.7. The molecule has 0 aliphatic carbocycles. The molecule has 170 valence electrons. The molecule has 0 aromatic heterocycles. The van der Waals surface area contributed by atoms with E-state index in [1.807, 2.05) is 36.5 Å².